The minimum absolute atomic E-state index is 0.375. The van der Waals surface area contributed by atoms with Gasteiger partial charge >= 0.3 is 0 Å². The monoisotopic (exact) mass is 281 g/mol. The van der Waals surface area contributed by atoms with Crippen LogP contribution in [-0.4, -0.2) is 47.8 Å². The standard InChI is InChI=1S/C12H23N7O/c1-2-20-9-6-14-10-15-11(18-13)17-12(16-10)19-7-4-3-5-8-19/h2-9,13H2,1H3,(H2,14,15,16,17,18). The predicted octanol–water partition coefficient (Wildman–Crippen LogP) is 0.596. The summed E-state index contributed by atoms with van der Waals surface area (Å²) < 4.78 is 5.27. The number of anilines is 3. The first-order chi connectivity index (χ1) is 9.83. The zero-order valence-corrected chi connectivity index (χ0v) is 11.9. The number of hydrazine groups is 1. The summed E-state index contributed by atoms with van der Waals surface area (Å²) in [4.78, 5) is 15.1. The van der Waals surface area contributed by atoms with Crippen molar-refractivity contribution < 1.29 is 4.74 Å². The Balaban J connectivity index is 2.03. The maximum Gasteiger partial charge on any atom is 0.243 e. The van der Waals surface area contributed by atoms with Crippen molar-refractivity contribution in [2.45, 2.75) is 26.2 Å². The molecular formula is C12H23N7O. The van der Waals surface area contributed by atoms with Crippen molar-refractivity contribution in [3.8, 4) is 0 Å². The van der Waals surface area contributed by atoms with Crippen molar-refractivity contribution in [3.63, 3.8) is 0 Å². The molecule has 1 fully saturated rings. The Hall–Kier alpha value is -1.67. The van der Waals surface area contributed by atoms with Gasteiger partial charge in [-0.2, -0.15) is 15.0 Å². The molecule has 8 nitrogen and oxygen atoms in total. The molecule has 20 heavy (non-hydrogen) atoms. The molecule has 1 aliphatic rings. The largest absolute Gasteiger partial charge is 0.380 e. The van der Waals surface area contributed by atoms with E-state index in [9.17, 15) is 0 Å². The highest BCUT2D eigenvalue weighted by molar-refractivity contribution is 5.43. The van der Waals surface area contributed by atoms with Crippen molar-refractivity contribution in [2.24, 2.45) is 5.84 Å². The van der Waals surface area contributed by atoms with Gasteiger partial charge < -0.3 is 15.0 Å². The second kappa shape index (κ2) is 7.81. The van der Waals surface area contributed by atoms with Gasteiger partial charge in [0.1, 0.15) is 0 Å². The molecule has 1 aromatic rings. The smallest absolute Gasteiger partial charge is 0.243 e. The van der Waals surface area contributed by atoms with E-state index >= 15 is 0 Å². The number of ether oxygens (including phenoxy) is 1. The summed E-state index contributed by atoms with van der Waals surface area (Å²) >= 11 is 0. The van der Waals surface area contributed by atoms with Crippen molar-refractivity contribution in [2.75, 3.05) is 48.5 Å². The molecule has 2 heterocycles. The number of nitrogens with zero attached hydrogens (tertiary/aromatic N) is 4. The lowest BCUT2D eigenvalue weighted by Crippen LogP contribution is -2.32. The van der Waals surface area contributed by atoms with Crippen LogP contribution in [-0.2, 0) is 4.74 Å². The van der Waals surface area contributed by atoms with Crippen molar-refractivity contribution in [3.05, 3.63) is 0 Å². The van der Waals surface area contributed by atoms with Crippen LogP contribution in [0.3, 0.4) is 0 Å². The minimum Gasteiger partial charge on any atom is -0.380 e. The fourth-order valence-corrected chi connectivity index (χ4v) is 2.12. The predicted molar refractivity (Wildman–Crippen MR) is 78.7 cm³/mol. The summed E-state index contributed by atoms with van der Waals surface area (Å²) in [5, 5.41) is 3.12. The maximum atomic E-state index is 5.42. The van der Waals surface area contributed by atoms with Gasteiger partial charge in [-0.05, 0) is 26.2 Å². The Morgan fingerprint density at radius 1 is 1.15 bits per heavy atom. The molecule has 1 saturated heterocycles. The van der Waals surface area contributed by atoms with Gasteiger partial charge in [0.15, 0.2) is 0 Å². The van der Waals surface area contributed by atoms with E-state index in [0.717, 1.165) is 13.1 Å². The molecule has 0 bridgehead atoms. The number of nitrogens with two attached hydrogens (primary N) is 1. The fraction of sp³-hybridized carbons (Fsp3) is 0.750. The topological polar surface area (TPSA) is 101 Å². The first-order valence-electron chi connectivity index (χ1n) is 7.12. The second-order valence-corrected chi connectivity index (χ2v) is 4.60. The molecule has 0 unspecified atom stereocenters. The van der Waals surface area contributed by atoms with Gasteiger partial charge in [0.2, 0.25) is 17.8 Å². The van der Waals surface area contributed by atoms with Gasteiger partial charge in [0, 0.05) is 26.2 Å². The quantitative estimate of drug-likeness (QED) is 0.379. The molecule has 0 saturated carbocycles. The molecule has 0 radical (unpaired) electrons. The van der Waals surface area contributed by atoms with E-state index in [0.29, 0.717) is 37.6 Å². The molecule has 2 rings (SSSR count). The number of piperidine rings is 1. The van der Waals surface area contributed by atoms with Crippen LogP contribution in [0.5, 0.6) is 0 Å². The van der Waals surface area contributed by atoms with Gasteiger partial charge in [0.05, 0.1) is 6.61 Å². The van der Waals surface area contributed by atoms with E-state index in [2.05, 4.69) is 30.6 Å². The summed E-state index contributed by atoms with van der Waals surface area (Å²) in [6.07, 6.45) is 3.61. The lowest BCUT2D eigenvalue weighted by molar-refractivity contribution is 0.158. The van der Waals surface area contributed by atoms with E-state index in [1.165, 1.54) is 19.3 Å². The third-order valence-corrected chi connectivity index (χ3v) is 3.13. The third kappa shape index (κ3) is 4.17. The lowest BCUT2D eigenvalue weighted by atomic mass is 10.1. The molecule has 112 valence electrons. The van der Waals surface area contributed by atoms with Crippen LogP contribution in [0.1, 0.15) is 26.2 Å². The highest BCUT2D eigenvalue weighted by Crippen LogP contribution is 2.17. The summed E-state index contributed by atoms with van der Waals surface area (Å²) in [6, 6.07) is 0. The summed E-state index contributed by atoms with van der Waals surface area (Å²) in [5.41, 5.74) is 2.49. The zero-order chi connectivity index (χ0) is 14.2. The highest BCUT2D eigenvalue weighted by atomic mass is 16.5. The Morgan fingerprint density at radius 3 is 2.60 bits per heavy atom. The Labute approximate surface area is 119 Å². The molecule has 0 aliphatic carbocycles. The number of hydrogen-bond donors (Lipinski definition) is 3. The highest BCUT2D eigenvalue weighted by Gasteiger charge is 2.15. The Bertz CT molecular complexity index is 409. The molecule has 0 amide bonds. The number of hydrogen-bond acceptors (Lipinski definition) is 8. The van der Waals surface area contributed by atoms with E-state index in [1.807, 2.05) is 6.92 Å². The lowest BCUT2D eigenvalue weighted by Gasteiger charge is -2.26. The van der Waals surface area contributed by atoms with Gasteiger partial charge in [-0.1, -0.05) is 0 Å². The number of nitrogen functional groups attached to an aromatic ring is 1. The molecule has 4 N–H and O–H groups in total. The van der Waals surface area contributed by atoms with Crippen LogP contribution in [0.15, 0.2) is 0 Å². The third-order valence-electron chi connectivity index (χ3n) is 3.13. The van der Waals surface area contributed by atoms with Crippen LogP contribution in [0.25, 0.3) is 0 Å². The zero-order valence-electron chi connectivity index (χ0n) is 11.9. The van der Waals surface area contributed by atoms with Gasteiger partial charge in [-0.3, -0.25) is 5.43 Å². The summed E-state index contributed by atoms with van der Waals surface area (Å²) in [7, 11) is 0. The van der Waals surface area contributed by atoms with Crippen LogP contribution >= 0.6 is 0 Å². The van der Waals surface area contributed by atoms with E-state index in [4.69, 9.17) is 10.6 Å². The number of rotatable bonds is 7. The molecular weight excluding hydrogens is 258 g/mol. The maximum absolute atomic E-state index is 5.42. The molecule has 1 aliphatic heterocycles. The average Bonchev–Trinajstić information content (AvgIpc) is 2.52. The molecule has 0 spiro atoms. The van der Waals surface area contributed by atoms with Crippen molar-refractivity contribution >= 4 is 17.8 Å². The summed E-state index contributed by atoms with van der Waals surface area (Å²) in [6.45, 7) is 5.90. The Kier molecular flexibility index (Phi) is 5.75. The van der Waals surface area contributed by atoms with Crippen LogP contribution in [0.4, 0.5) is 17.8 Å². The minimum atomic E-state index is 0.375. The van der Waals surface area contributed by atoms with Crippen LogP contribution in [0.2, 0.25) is 0 Å². The second-order valence-electron chi connectivity index (χ2n) is 4.60. The number of aromatic nitrogens is 3. The summed E-state index contributed by atoms with van der Waals surface area (Å²) in [5.74, 6) is 6.99. The van der Waals surface area contributed by atoms with E-state index < -0.39 is 0 Å². The van der Waals surface area contributed by atoms with Crippen LogP contribution < -0.4 is 21.5 Å². The van der Waals surface area contributed by atoms with E-state index in [-0.39, 0.29) is 0 Å². The molecule has 0 atom stereocenters. The Morgan fingerprint density at radius 2 is 1.90 bits per heavy atom. The van der Waals surface area contributed by atoms with Gasteiger partial charge in [0.25, 0.3) is 0 Å². The van der Waals surface area contributed by atoms with Crippen molar-refractivity contribution in [1.29, 1.82) is 0 Å². The molecule has 1 aromatic heterocycles. The first kappa shape index (κ1) is 14.7. The first-order valence-corrected chi connectivity index (χ1v) is 7.12. The van der Waals surface area contributed by atoms with Crippen LogP contribution in [0, 0.1) is 0 Å². The van der Waals surface area contributed by atoms with E-state index in [1.54, 1.807) is 0 Å². The molecule has 8 heteroatoms. The van der Waals surface area contributed by atoms with Crippen molar-refractivity contribution in [1.82, 2.24) is 15.0 Å². The normalized spacial score (nSPS) is 15.2. The van der Waals surface area contributed by atoms with Gasteiger partial charge in [-0.15, -0.1) is 0 Å². The fourth-order valence-electron chi connectivity index (χ4n) is 2.12. The van der Waals surface area contributed by atoms with Gasteiger partial charge in [-0.25, -0.2) is 5.84 Å². The number of nitrogens with one attached hydrogen (secondary N) is 2. The SMILES string of the molecule is CCOCCNc1nc(NN)nc(N2CCCCC2)n1. The average molecular weight is 281 g/mol. The molecule has 0 aromatic carbocycles.